The van der Waals surface area contributed by atoms with Crippen LogP contribution in [-0.4, -0.2) is 46.2 Å². The summed E-state index contributed by atoms with van der Waals surface area (Å²) >= 11 is 0. The molecule has 0 unspecified atom stereocenters. The van der Waals surface area contributed by atoms with Crippen LogP contribution in [0.5, 0.6) is 0 Å². The number of hydrogen-bond donors (Lipinski definition) is 0. The number of nitrogens with zero attached hydrogens (tertiary/aromatic N) is 4. The Labute approximate surface area is 171 Å². The van der Waals surface area contributed by atoms with Gasteiger partial charge in [-0.3, -0.25) is 9.55 Å². The zero-order valence-electron chi connectivity index (χ0n) is 16.4. The lowest BCUT2D eigenvalue weighted by Gasteiger charge is -2.20. The molecule has 0 bridgehead atoms. The quantitative estimate of drug-likeness (QED) is 0.602. The molecule has 0 radical (unpaired) electrons. The second kappa shape index (κ2) is 8.53. The van der Waals surface area contributed by atoms with E-state index in [0.29, 0.717) is 5.56 Å². The van der Waals surface area contributed by atoms with E-state index in [-0.39, 0.29) is 0 Å². The van der Waals surface area contributed by atoms with Crippen LogP contribution >= 0.6 is 0 Å². The molecule has 9 heteroatoms. The Bertz CT molecular complexity index is 1020. The van der Waals surface area contributed by atoms with Crippen LogP contribution < -0.4 is 0 Å². The van der Waals surface area contributed by atoms with Crippen LogP contribution in [0.2, 0.25) is 0 Å². The van der Waals surface area contributed by atoms with Crippen molar-refractivity contribution in [3.05, 3.63) is 59.4 Å². The second-order valence-electron chi connectivity index (χ2n) is 7.03. The van der Waals surface area contributed by atoms with Crippen molar-refractivity contribution < 1.29 is 22.6 Å². The molecule has 1 saturated heterocycles. The Morgan fingerprint density at radius 1 is 0.900 bits per heavy atom. The highest BCUT2D eigenvalue weighted by Gasteiger charge is 2.31. The predicted molar refractivity (Wildman–Crippen MR) is 103 cm³/mol. The monoisotopic (exact) mass is 418 g/mol. The first-order valence-electron chi connectivity index (χ1n) is 9.66. The van der Waals surface area contributed by atoms with E-state index in [4.69, 9.17) is 9.47 Å². The molecule has 0 saturated carbocycles. The zero-order valence-corrected chi connectivity index (χ0v) is 16.4. The Morgan fingerprint density at radius 3 is 2.30 bits per heavy atom. The van der Waals surface area contributed by atoms with Gasteiger partial charge in [-0.2, -0.15) is 13.2 Å². The standard InChI is InChI=1S/C17H13F3N4.C4H8O2/c1-10-22-23-16-5-3-12-6-11(2-4-15(12)24(10)16)13-7-14(9-21-8-13)17(18,19)20;1-2-6-4-3-5-1/h2,4,6-9H,3,5H2,1H3;1-4H2. The smallest absolute Gasteiger partial charge is 0.377 e. The predicted octanol–water partition coefficient (Wildman–Crippen LogP) is 3.79. The minimum atomic E-state index is -4.40. The number of pyridine rings is 1. The van der Waals surface area contributed by atoms with Crippen molar-refractivity contribution in [3.8, 4) is 16.8 Å². The van der Waals surface area contributed by atoms with Crippen molar-refractivity contribution in [1.29, 1.82) is 0 Å². The van der Waals surface area contributed by atoms with E-state index in [2.05, 4.69) is 15.2 Å². The van der Waals surface area contributed by atoms with Gasteiger partial charge in [0, 0.05) is 24.4 Å². The molecule has 0 amide bonds. The largest absolute Gasteiger partial charge is 0.417 e. The van der Waals surface area contributed by atoms with E-state index in [1.54, 1.807) is 0 Å². The number of halogens is 3. The molecule has 3 aromatic rings. The van der Waals surface area contributed by atoms with E-state index >= 15 is 0 Å². The first kappa shape index (κ1) is 20.5. The third-order valence-electron chi connectivity index (χ3n) is 4.97. The summed E-state index contributed by atoms with van der Waals surface area (Å²) in [5.74, 6) is 1.72. The number of rotatable bonds is 1. The third-order valence-corrected chi connectivity index (χ3v) is 4.97. The fourth-order valence-electron chi connectivity index (χ4n) is 3.50. The summed E-state index contributed by atoms with van der Waals surface area (Å²) in [6.07, 6.45) is -0.554. The van der Waals surface area contributed by atoms with Gasteiger partial charge < -0.3 is 9.47 Å². The molecule has 0 atom stereocenters. The van der Waals surface area contributed by atoms with Gasteiger partial charge in [0.25, 0.3) is 0 Å². The number of fused-ring (bicyclic) bond motifs is 3. The highest BCUT2D eigenvalue weighted by molar-refractivity contribution is 5.67. The molecule has 6 nitrogen and oxygen atoms in total. The molecule has 0 N–H and O–H groups in total. The summed E-state index contributed by atoms with van der Waals surface area (Å²) in [6.45, 7) is 5.00. The van der Waals surface area contributed by atoms with Crippen molar-refractivity contribution in [3.63, 3.8) is 0 Å². The Balaban J connectivity index is 0.000000313. The van der Waals surface area contributed by atoms with E-state index < -0.39 is 11.7 Å². The van der Waals surface area contributed by atoms with Gasteiger partial charge in [0.05, 0.1) is 37.7 Å². The number of aromatic nitrogens is 4. The Kier molecular flexibility index (Phi) is 5.83. The van der Waals surface area contributed by atoms with Crippen molar-refractivity contribution in [2.24, 2.45) is 0 Å². The molecule has 1 aromatic carbocycles. The maximum Gasteiger partial charge on any atom is 0.417 e. The number of benzene rings is 1. The lowest BCUT2D eigenvalue weighted by molar-refractivity contribution is -0.137. The lowest BCUT2D eigenvalue weighted by Crippen LogP contribution is -2.16. The van der Waals surface area contributed by atoms with E-state index in [9.17, 15) is 13.2 Å². The van der Waals surface area contributed by atoms with E-state index in [1.807, 2.05) is 29.7 Å². The summed E-state index contributed by atoms with van der Waals surface area (Å²) in [5.41, 5.74) is 2.50. The van der Waals surface area contributed by atoms with Gasteiger partial charge in [-0.1, -0.05) is 6.07 Å². The third kappa shape index (κ3) is 4.36. The fraction of sp³-hybridized carbons (Fsp3) is 0.381. The topological polar surface area (TPSA) is 62.1 Å². The van der Waals surface area contributed by atoms with Crippen LogP contribution in [0.15, 0.2) is 36.7 Å². The average molecular weight is 418 g/mol. The molecule has 2 aliphatic rings. The van der Waals surface area contributed by atoms with E-state index in [0.717, 1.165) is 80.0 Å². The van der Waals surface area contributed by atoms with E-state index in [1.165, 1.54) is 6.20 Å². The summed E-state index contributed by atoms with van der Waals surface area (Å²) in [4.78, 5) is 3.74. The molecular formula is C21H21F3N4O2. The molecule has 0 spiro atoms. The summed E-state index contributed by atoms with van der Waals surface area (Å²) in [7, 11) is 0. The zero-order chi connectivity index (χ0) is 21.1. The molecular weight excluding hydrogens is 397 g/mol. The van der Waals surface area contributed by atoms with Gasteiger partial charge in [-0.05, 0) is 42.7 Å². The van der Waals surface area contributed by atoms with Gasteiger partial charge in [-0.25, -0.2) is 0 Å². The van der Waals surface area contributed by atoms with Gasteiger partial charge in [-0.15, -0.1) is 10.2 Å². The number of alkyl halides is 3. The number of hydrogen-bond acceptors (Lipinski definition) is 5. The normalized spacial score (nSPS) is 15.6. The molecule has 0 aliphatic carbocycles. The van der Waals surface area contributed by atoms with Crippen LogP contribution in [0.4, 0.5) is 13.2 Å². The number of ether oxygens (including phenoxy) is 2. The van der Waals surface area contributed by atoms with Crippen molar-refractivity contribution >= 4 is 0 Å². The Hall–Kier alpha value is -2.78. The minimum absolute atomic E-state index is 0.457. The highest BCUT2D eigenvalue weighted by Crippen LogP contribution is 2.33. The average Bonchev–Trinajstić information content (AvgIpc) is 3.16. The highest BCUT2D eigenvalue weighted by atomic mass is 19.4. The molecule has 30 heavy (non-hydrogen) atoms. The van der Waals surface area contributed by atoms with Gasteiger partial charge in [0.15, 0.2) is 0 Å². The van der Waals surface area contributed by atoms with Crippen LogP contribution in [-0.2, 0) is 28.5 Å². The lowest BCUT2D eigenvalue weighted by atomic mass is 9.97. The van der Waals surface area contributed by atoms with Crippen molar-refractivity contribution in [2.75, 3.05) is 26.4 Å². The molecule has 158 valence electrons. The molecule has 4 heterocycles. The summed E-state index contributed by atoms with van der Waals surface area (Å²) < 4.78 is 50.5. The summed E-state index contributed by atoms with van der Waals surface area (Å²) in [5, 5.41) is 8.25. The van der Waals surface area contributed by atoms with Crippen LogP contribution in [0, 0.1) is 6.92 Å². The molecule has 2 aromatic heterocycles. The maximum absolute atomic E-state index is 12.9. The SMILES string of the molecule is C1COCCO1.Cc1nnc2n1-c1ccc(-c3cncc(C(F)(F)F)c3)cc1CC2. The first-order valence-corrected chi connectivity index (χ1v) is 9.66. The van der Waals surface area contributed by atoms with Gasteiger partial charge in [0.1, 0.15) is 11.6 Å². The van der Waals surface area contributed by atoms with Gasteiger partial charge in [0.2, 0.25) is 0 Å². The van der Waals surface area contributed by atoms with Crippen LogP contribution in [0.1, 0.15) is 22.8 Å². The first-order chi connectivity index (χ1) is 14.4. The molecule has 1 fully saturated rings. The van der Waals surface area contributed by atoms with Gasteiger partial charge >= 0.3 is 6.18 Å². The van der Waals surface area contributed by atoms with Crippen LogP contribution in [0.3, 0.4) is 0 Å². The Morgan fingerprint density at radius 2 is 1.63 bits per heavy atom. The second-order valence-corrected chi connectivity index (χ2v) is 7.03. The van der Waals surface area contributed by atoms with Crippen LogP contribution in [0.25, 0.3) is 16.8 Å². The maximum atomic E-state index is 12.9. The molecule has 5 rings (SSSR count). The fourth-order valence-corrected chi connectivity index (χ4v) is 3.50. The minimum Gasteiger partial charge on any atom is -0.377 e. The number of aryl methyl sites for hydroxylation is 3. The molecule has 2 aliphatic heterocycles. The summed E-state index contributed by atoms with van der Waals surface area (Å²) in [6, 6.07) is 6.77. The van der Waals surface area contributed by atoms with Crippen molar-refractivity contribution in [1.82, 2.24) is 19.7 Å². The van der Waals surface area contributed by atoms with Crippen molar-refractivity contribution in [2.45, 2.75) is 25.9 Å².